The van der Waals surface area contributed by atoms with Crippen molar-refractivity contribution in [1.82, 2.24) is 0 Å². The molecule has 2 aromatic rings. The van der Waals surface area contributed by atoms with Gasteiger partial charge in [0, 0.05) is 24.3 Å². The molecule has 1 fully saturated rings. The Kier molecular flexibility index (Phi) is 4.91. The van der Waals surface area contributed by atoms with E-state index in [4.69, 9.17) is 0 Å². The Labute approximate surface area is 152 Å². The van der Waals surface area contributed by atoms with Gasteiger partial charge in [0.15, 0.2) is 0 Å². The summed E-state index contributed by atoms with van der Waals surface area (Å²) in [6.07, 6.45) is -4.65. The minimum atomic E-state index is -4.52. The molecule has 1 N–H and O–H groups in total. The maximum absolute atomic E-state index is 13.3. The number of amides is 2. The van der Waals surface area contributed by atoms with E-state index in [2.05, 4.69) is 5.32 Å². The van der Waals surface area contributed by atoms with Crippen LogP contribution in [0.1, 0.15) is 17.5 Å². The molecule has 1 heterocycles. The van der Waals surface area contributed by atoms with E-state index in [0.717, 1.165) is 17.0 Å². The number of anilines is 2. The van der Waals surface area contributed by atoms with Gasteiger partial charge in [0.2, 0.25) is 11.8 Å². The first kappa shape index (κ1) is 18.9. The predicted molar refractivity (Wildman–Crippen MR) is 91.7 cm³/mol. The summed E-state index contributed by atoms with van der Waals surface area (Å²) in [5.41, 5.74) is 0.178. The molecule has 0 aromatic heterocycles. The van der Waals surface area contributed by atoms with Crippen LogP contribution in [0.2, 0.25) is 0 Å². The summed E-state index contributed by atoms with van der Waals surface area (Å²) in [6, 6.07) is 8.36. The number of nitrogens with zero attached hydrogens (tertiary/aromatic N) is 1. The molecule has 0 aliphatic carbocycles. The summed E-state index contributed by atoms with van der Waals surface area (Å²) in [5.74, 6) is -2.17. The largest absolute Gasteiger partial charge is 0.416 e. The Balaban J connectivity index is 1.75. The van der Waals surface area contributed by atoms with E-state index in [1.165, 1.54) is 30.3 Å². The van der Waals surface area contributed by atoms with Crippen molar-refractivity contribution < 1.29 is 27.2 Å². The minimum absolute atomic E-state index is 0.0413. The molecule has 1 atom stereocenters. The summed E-state index contributed by atoms with van der Waals surface area (Å²) >= 11 is 0. The Morgan fingerprint density at radius 3 is 2.63 bits per heavy atom. The number of aryl methyl sites for hydroxylation is 1. The van der Waals surface area contributed by atoms with Gasteiger partial charge in [0.05, 0.1) is 11.5 Å². The van der Waals surface area contributed by atoms with Crippen molar-refractivity contribution in [1.29, 1.82) is 0 Å². The van der Waals surface area contributed by atoms with Crippen molar-refractivity contribution in [2.45, 2.75) is 19.5 Å². The number of hydrogen-bond donors (Lipinski definition) is 1. The molecule has 0 radical (unpaired) electrons. The highest BCUT2D eigenvalue weighted by Crippen LogP contribution is 2.33. The highest BCUT2D eigenvalue weighted by atomic mass is 19.4. The molecule has 3 rings (SSSR count). The van der Waals surface area contributed by atoms with Gasteiger partial charge in [-0.25, -0.2) is 4.39 Å². The van der Waals surface area contributed by atoms with Crippen LogP contribution in [0.25, 0.3) is 0 Å². The van der Waals surface area contributed by atoms with E-state index in [0.29, 0.717) is 11.3 Å². The van der Waals surface area contributed by atoms with Gasteiger partial charge < -0.3 is 10.2 Å². The first-order valence-corrected chi connectivity index (χ1v) is 8.20. The molecule has 1 aliphatic heterocycles. The maximum Gasteiger partial charge on any atom is 0.416 e. The van der Waals surface area contributed by atoms with Crippen LogP contribution >= 0.6 is 0 Å². The number of benzene rings is 2. The highest BCUT2D eigenvalue weighted by molar-refractivity contribution is 6.03. The van der Waals surface area contributed by atoms with Crippen molar-refractivity contribution in [3.63, 3.8) is 0 Å². The molecule has 0 saturated carbocycles. The van der Waals surface area contributed by atoms with Gasteiger partial charge in [-0.2, -0.15) is 13.2 Å². The van der Waals surface area contributed by atoms with Crippen LogP contribution in [0, 0.1) is 18.7 Å². The van der Waals surface area contributed by atoms with Crippen LogP contribution < -0.4 is 10.2 Å². The summed E-state index contributed by atoms with van der Waals surface area (Å²) < 4.78 is 52.0. The zero-order chi connectivity index (χ0) is 19.8. The van der Waals surface area contributed by atoms with E-state index < -0.39 is 35.3 Å². The summed E-state index contributed by atoms with van der Waals surface area (Å²) in [6.45, 7) is 1.66. The van der Waals surface area contributed by atoms with E-state index in [9.17, 15) is 27.2 Å². The smallest absolute Gasteiger partial charge is 0.325 e. The summed E-state index contributed by atoms with van der Waals surface area (Å²) in [4.78, 5) is 25.8. The van der Waals surface area contributed by atoms with Gasteiger partial charge in [-0.1, -0.05) is 12.1 Å². The Bertz CT molecular complexity index is 896. The molecule has 8 heteroatoms. The molecule has 4 nitrogen and oxygen atoms in total. The van der Waals surface area contributed by atoms with Crippen molar-refractivity contribution >= 4 is 23.2 Å². The predicted octanol–water partition coefficient (Wildman–Crippen LogP) is 4.14. The van der Waals surface area contributed by atoms with Gasteiger partial charge in [0.1, 0.15) is 5.82 Å². The fraction of sp³-hybridized carbons (Fsp3) is 0.263. The zero-order valence-electron chi connectivity index (χ0n) is 14.3. The van der Waals surface area contributed by atoms with E-state index in [1.54, 1.807) is 6.92 Å². The number of rotatable bonds is 3. The lowest BCUT2D eigenvalue weighted by molar-refractivity contribution is -0.137. The summed E-state index contributed by atoms with van der Waals surface area (Å²) in [7, 11) is 0. The van der Waals surface area contributed by atoms with Gasteiger partial charge >= 0.3 is 6.18 Å². The molecule has 0 bridgehead atoms. The molecular weight excluding hydrogens is 364 g/mol. The van der Waals surface area contributed by atoms with Crippen LogP contribution in [0.5, 0.6) is 0 Å². The molecule has 0 spiro atoms. The quantitative estimate of drug-likeness (QED) is 0.814. The lowest BCUT2D eigenvalue weighted by atomic mass is 10.1. The molecule has 27 heavy (non-hydrogen) atoms. The van der Waals surface area contributed by atoms with Crippen molar-refractivity contribution in [3.05, 3.63) is 59.4 Å². The Morgan fingerprint density at radius 1 is 1.19 bits per heavy atom. The van der Waals surface area contributed by atoms with Crippen molar-refractivity contribution in [2.24, 2.45) is 5.92 Å². The SMILES string of the molecule is Cc1ccc(F)cc1NC(=O)[C@@H]1CC(=O)N(c2cccc(C(F)(F)F)c2)C1. The average Bonchev–Trinajstić information content (AvgIpc) is 2.99. The second-order valence-electron chi connectivity index (χ2n) is 6.40. The van der Waals surface area contributed by atoms with E-state index in [-0.39, 0.29) is 18.7 Å². The third kappa shape index (κ3) is 4.10. The molecule has 142 valence electrons. The highest BCUT2D eigenvalue weighted by Gasteiger charge is 2.37. The lowest BCUT2D eigenvalue weighted by Crippen LogP contribution is -2.28. The molecular formula is C19H16F4N2O2. The first-order chi connectivity index (χ1) is 12.6. The zero-order valence-corrected chi connectivity index (χ0v) is 14.3. The molecule has 1 aliphatic rings. The van der Waals surface area contributed by atoms with Crippen LogP contribution in [0.4, 0.5) is 28.9 Å². The fourth-order valence-corrected chi connectivity index (χ4v) is 2.95. The van der Waals surface area contributed by atoms with Gasteiger partial charge in [-0.05, 0) is 42.8 Å². The molecule has 2 amide bonds. The van der Waals surface area contributed by atoms with Crippen LogP contribution in [-0.4, -0.2) is 18.4 Å². The molecule has 2 aromatic carbocycles. The minimum Gasteiger partial charge on any atom is -0.325 e. The normalized spacial score (nSPS) is 17.3. The second-order valence-corrected chi connectivity index (χ2v) is 6.40. The van der Waals surface area contributed by atoms with Gasteiger partial charge in [-0.3, -0.25) is 9.59 Å². The number of halogens is 4. The number of alkyl halides is 3. The monoisotopic (exact) mass is 380 g/mol. The first-order valence-electron chi connectivity index (χ1n) is 8.20. The van der Waals surface area contributed by atoms with E-state index >= 15 is 0 Å². The standard InChI is InChI=1S/C19H16F4N2O2/c1-11-5-6-14(20)9-16(11)24-18(27)12-7-17(26)25(10-12)15-4-2-3-13(8-15)19(21,22)23/h2-6,8-9,12H,7,10H2,1H3,(H,24,27)/t12-/m1/s1. The number of hydrogen-bond acceptors (Lipinski definition) is 2. The lowest BCUT2D eigenvalue weighted by Gasteiger charge is -2.18. The molecule has 0 unspecified atom stereocenters. The Morgan fingerprint density at radius 2 is 1.93 bits per heavy atom. The number of carbonyl (C=O) groups is 2. The van der Waals surface area contributed by atoms with Crippen LogP contribution in [0.3, 0.4) is 0 Å². The van der Waals surface area contributed by atoms with Crippen molar-refractivity contribution in [3.8, 4) is 0 Å². The summed E-state index contributed by atoms with van der Waals surface area (Å²) in [5, 5.41) is 2.58. The average molecular weight is 380 g/mol. The Hall–Kier alpha value is -2.90. The topological polar surface area (TPSA) is 49.4 Å². The van der Waals surface area contributed by atoms with E-state index in [1.807, 2.05) is 0 Å². The third-order valence-electron chi connectivity index (χ3n) is 4.44. The van der Waals surface area contributed by atoms with Crippen molar-refractivity contribution in [2.75, 3.05) is 16.8 Å². The molecule has 1 saturated heterocycles. The number of nitrogens with one attached hydrogen (secondary N) is 1. The van der Waals surface area contributed by atoms with Crippen LogP contribution in [0.15, 0.2) is 42.5 Å². The third-order valence-corrected chi connectivity index (χ3v) is 4.44. The van der Waals surface area contributed by atoms with Gasteiger partial charge in [0.25, 0.3) is 0 Å². The maximum atomic E-state index is 13.3. The van der Waals surface area contributed by atoms with Crippen LogP contribution in [-0.2, 0) is 15.8 Å². The van der Waals surface area contributed by atoms with Gasteiger partial charge in [-0.15, -0.1) is 0 Å². The fourth-order valence-electron chi connectivity index (χ4n) is 2.95. The second kappa shape index (κ2) is 7.02. The number of carbonyl (C=O) groups excluding carboxylic acids is 2.